The molecule has 0 aliphatic rings. The second-order valence-electron chi connectivity index (χ2n) is 1.82. The third-order valence-electron chi connectivity index (χ3n) is 1.05. The molecule has 1 aromatic rings. The second kappa shape index (κ2) is 2.94. The van der Waals surface area contributed by atoms with Crippen LogP contribution in [-0.4, -0.2) is 16.0 Å². The van der Waals surface area contributed by atoms with Crippen LogP contribution in [0.5, 0.6) is 0 Å². The highest BCUT2D eigenvalue weighted by atomic mass is 79.9. The summed E-state index contributed by atoms with van der Waals surface area (Å²) in [5.74, 6) is -2.42. The lowest BCUT2D eigenvalue weighted by molar-refractivity contribution is -0.402. The van der Waals surface area contributed by atoms with Gasteiger partial charge in [0.1, 0.15) is 4.92 Å². The minimum Gasteiger partial charge on any atom is -0.475 e. The van der Waals surface area contributed by atoms with Crippen molar-refractivity contribution in [1.29, 1.82) is 0 Å². The average Bonchev–Trinajstić information content (AvgIpc) is 2.30. The molecule has 0 radical (unpaired) electrons. The average molecular weight is 236 g/mol. The highest BCUT2D eigenvalue weighted by molar-refractivity contribution is 9.10. The van der Waals surface area contributed by atoms with Crippen molar-refractivity contribution in [3.05, 3.63) is 26.4 Å². The summed E-state index contributed by atoms with van der Waals surface area (Å²) in [4.78, 5) is 19.6. The maximum atomic E-state index is 10.3. The van der Waals surface area contributed by atoms with Crippen molar-refractivity contribution in [2.75, 3.05) is 0 Å². The molecule has 0 fully saturated rings. The normalized spacial score (nSPS) is 9.75. The minimum atomic E-state index is -1.35. The molecule has 12 heavy (non-hydrogen) atoms. The van der Waals surface area contributed by atoms with Gasteiger partial charge in [-0.2, -0.15) is 0 Å². The highest BCUT2D eigenvalue weighted by Gasteiger charge is 2.21. The number of nitrogens with zero attached hydrogens (tertiary/aromatic N) is 1. The first kappa shape index (κ1) is 8.72. The van der Waals surface area contributed by atoms with Crippen molar-refractivity contribution < 1.29 is 19.2 Å². The Balaban J connectivity index is 3.17. The summed E-state index contributed by atoms with van der Waals surface area (Å²) in [6, 6.07) is 0.990. The third-order valence-corrected chi connectivity index (χ3v) is 1.64. The van der Waals surface area contributed by atoms with E-state index in [1.54, 1.807) is 0 Å². The molecule has 7 heteroatoms. The standard InChI is InChI=1S/C5H2BrNO5/c6-2-1-3(7(10)11)12-4(2)5(8)9/h1H,(H,8,9). The lowest BCUT2D eigenvalue weighted by Crippen LogP contribution is -1.93. The Bertz CT molecular complexity index is 344. The Kier molecular flexibility index (Phi) is 2.13. The number of furan rings is 1. The van der Waals surface area contributed by atoms with Crippen molar-refractivity contribution in [2.24, 2.45) is 0 Å². The van der Waals surface area contributed by atoms with Gasteiger partial charge in [0.15, 0.2) is 0 Å². The Morgan fingerprint density at radius 3 is 2.58 bits per heavy atom. The van der Waals surface area contributed by atoms with Crippen LogP contribution < -0.4 is 0 Å². The zero-order valence-electron chi connectivity index (χ0n) is 5.48. The highest BCUT2D eigenvalue weighted by Crippen LogP contribution is 2.26. The number of hydrogen-bond donors (Lipinski definition) is 1. The van der Waals surface area contributed by atoms with Crippen molar-refractivity contribution in [1.82, 2.24) is 0 Å². The lowest BCUT2D eigenvalue weighted by Gasteiger charge is -1.84. The number of carboxylic acid groups (broad SMARTS) is 1. The van der Waals surface area contributed by atoms with Gasteiger partial charge in [-0.3, -0.25) is 10.1 Å². The van der Waals surface area contributed by atoms with E-state index in [1.165, 1.54) is 0 Å². The van der Waals surface area contributed by atoms with Crippen LogP contribution in [-0.2, 0) is 0 Å². The maximum Gasteiger partial charge on any atom is 0.434 e. The number of halogens is 1. The van der Waals surface area contributed by atoms with Crippen molar-refractivity contribution >= 4 is 27.8 Å². The topological polar surface area (TPSA) is 93.6 Å². The monoisotopic (exact) mass is 235 g/mol. The van der Waals surface area contributed by atoms with Crippen LogP contribution >= 0.6 is 15.9 Å². The molecule has 0 saturated carbocycles. The Hall–Kier alpha value is -1.37. The minimum absolute atomic E-state index is 0.0571. The predicted molar refractivity (Wildman–Crippen MR) is 40.0 cm³/mol. The Morgan fingerprint density at radius 2 is 2.33 bits per heavy atom. The fourth-order valence-corrected chi connectivity index (χ4v) is 1.04. The summed E-state index contributed by atoms with van der Waals surface area (Å²) in [5.41, 5.74) is 0. The third kappa shape index (κ3) is 1.45. The summed E-state index contributed by atoms with van der Waals surface area (Å²) in [5, 5.41) is 18.5. The molecule has 0 spiro atoms. The Labute approximate surface area is 74.1 Å². The van der Waals surface area contributed by atoms with Crippen LogP contribution in [0.1, 0.15) is 10.6 Å². The first-order valence-corrected chi connectivity index (χ1v) is 3.48. The molecule has 1 N–H and O–H groups in total. The van der Waals surface area contributed by atoms with Crippen LogP contribution in [0.25, 0.3) is 0 Å². The van der Waals surface area contributed by atoms with E-state index in [2.05, 4.69) is 20.3 Å². The number of carbonyl (C=O) groups is 1. The molecule has 1 rings (SSSR count). The van der Waals surface area contributed by atoms with Crippen LogP contribution in [0, 0.1) is 10.1 Å². The van der Waals surface area contributed by atoms with Gasteiger partial charge in [0.25, 0.3) is 0 Å². The summed E-state index contributed by atoms with van der Waals surface area (Å²) in [7, 11) is 0. The largest absolute Gasteiger partial charge is 0.475 e. The Morgan fingerprint density at radius 1 is 1.75 bits per heavy atom. The van der Waals surface area contributed by atoms with E-state index in [0.29, 0.717) is 0 Å². The van der Waals surface area contributed by atoms with Gasteiger partial charge in [0.05, 0.1) is 10.5 Å². The molecule has 0 aliphatic heterocycles. The van der Waals surface area contributed by atoms with Crippen molar-refractivity contribution in [2.45, 2.75) is 0 Å². The molecular formula is C5H2BrNO5. The zero-order valence-corrected chi connectivity index (χ0v) is 7.07. The van der Waals surface area contributed by atoms with Crippen molar-refractivity contribution in [3.63, 3.8) is 0 Å². The van der Waals surface area contributed by atoms with E-state index in [4.69, 9.17) is 5.11 Å². The van der Waals surface area contributed by atoms with Gasteiger partial charge in [0.2, 0.25) is 5.76 Å². The van der Waals surface area contributed by atoms with E-state index in [1.807, 2.05) is 0 Å². The first-order chi connectivity index (χ1) is 5.52. The van der Waals surface area contributed by atoms with Gasteiger partial charge in [-0.25, -0.2) is 4.79 Å². The molecular weight excluding hydrogens is 234 g/mol. The smallest absolute Gasteiger partial charge is 0.434 e. The summed E-state index contributed by atoms with van der Waals surface area (Å²) < 4.78 is 4.45. The summed E-state index contributed by atoms with van der Waals surface area (Å²) >= 11 is 2.81. The van der Waals surface area contributed by atoms with Crippen LogP contribution in [0.15, 0.2) is 15.0 Å². The second-order valence-corrected chi connectivity index (χ2v) is 2.68. The zero-order chi connectivity index (χ0) is 9.30. The van der Waals surface area contributed by atoms with Crippen molar-refractivity contribution in [3.8, 4) is 0 Å². The fraction of sp³-hybridized carbons (Fsp3) is 0. The molecule has 0 atom stereocenters. The molecule has 1 aromatic heterocycles. The van der Waals surface area contributed by atoms with Crippen LogP contribution in [0.3, 0.4) is 0 Å². The molecule has 0 saturated heterocycles. The molecule has 0 aromatic carbocycles. The number of aromatic carboxylic acids is 1. The SMILES string of the molecule is O=C(O)c1oc([N+](=O)[O-])cc1Br. The molecule has 64 valence electrons. The number of rotatable bonds is 2. The van der Waals surface area contributed by atoms with Gasteiger partial charge in [0, 0.05) is 0 Å². The van der Waals surface area contributed by atoms with E-state index in [0.717, 1.165) is 6.07 Å². The molecule has 0 amide bonds. The van der Waals surface area contributed by atoms with Gasteiger partial charge in [-0.1, -0.05) is 0 Å². The van der Waals surface area contributed by atoms with Gasteiger partial charge < -0.3 is 9.52 Å². The van der Waals surface area contributed by atoms with E-state index >= 15 is 0 Å². The fourth-order valence-electron chi connectivity index (χ4n) is 0.593. The molecule has 0 aliphatic carbocycles. The lowest BCUT2D eigenvalue weighted by atomic mass is 10.5. The number of nitro groups is 1. The van der Waals surface area contributed by atoms with Gasteiger partial charge >= 0.3 is 11.9 Å². The van der Waals surface area contributed by atoms with Gasteiger partial charge in [-0.15, -0.1) is 0 Å². The predicted octanol–water partition coefficient (Wildman–Crippen LogP) is 1.65. The molecule has 1 heterocycles. The summed E-state index contributed by atoms with van der Waals surface area (Å²) in [6.07, 6.45) is 0. The van der Waals surface area contributed by atoms with E-state index in [-0.39, 0.29) is 4.47 Å². The quantitative estimate of drug-likeness (QED) is 0.622. The molecule has 6 nitrogen and oxygen atoms in total. The maximum absolute atomic E-state index is 10.3. The van der Waals surface area contributed by atoms with E-state index in [9.17, 15) is 14.9 Å². The van der Waals surface area contributed by atoms with E-state index < -0.39 is 22.5 Å². The van der Waals surface area contributed by atoms with Gasteiger partial charge in [-0.05, 0) is 15.9 Å². The molecule has 0 unspecified atom stereocenters. The first-order valence-electron chi connectivity index (χ1n) is 2.69. The summed E-state index contributed by atoms with van der Waals surface area (Å²) in [6.45, 7) is 0. The number of hydrogen-bond acceptors (Lipinski definition) is 4. The number of carboxylic acids is 1. The van der Waals surface area contributed by atoms with Crippen LogP contribution in [0.4, 0.5) is 5.88 Å². The molecule has 0 bridgehead atoms. The van der Waals surface area contributed by atoms with Crippen LogP contribution in [0.2, 0.25) is 0 Å².